The average molecular weight is 202 g/mol. The fraction of sp³-hybridized carbons (Fsp3) is 0.900. The molecule has 14 heavy (non-hydrogen) atoms. The molecule has 0 aromatic carbocycles. The normalized spacial score (nSPS) is 12.5. The molecule has 4 nitrogen and oxygen atoms in total. The van der Waals surface area contributed by atoms with Crippen molar-refractivity contribution in [3.63, 3.8) is 0 Å². The van der Waals surface area contributed by atoms with E-state index in [-0.39, 0.29) is 11.9 Å². The number of carbonyl (C=O) groups is 1. The number of ether oxygens (including phenoxy) is 1. The van der Waals surface area contributed by atoms with Crippen molar-refractivity contribution in [2.75, 3.05) is 27.3 Å². The van der Waals surface area contributed by atoms with Crippen LogP contribution in [-0.4, -0.2) is 39.3 Å². The van der Waals surface area contributed by atoms with Crippen molar-refractivity contribution in [3.8, 4) is 0 Å². The van der Waals surface area contributed by atoms with E-state index in [1.54, 1.807) is 7.11 Å². The first kappa shape index (κ1) is 13.4. The standard InChI is InChI=1S/C10H22N2O2/c1-4-5-9(8-14-3)12-10(13)6-7-11-2/h9,11H,4-8H2,1-3H3,(H,12,13). The van der Waals surface area contributed by atoms with Crippen LogP contribution in [0.5, 0.6) is 0 Å². The maximum absolute atomic E-state index is 11.4. The molecule has 4 heteroatoms. The van der Waals surface area contributed by atoms with Crippen molar-refractivity contribution in [1.82, 2.24) is 10.6 Å². The van der Waals surface area contributed by atoms with E-state index in [2.05, 4.69) is 17.6 Å². The van der Waals surface area contributed by atoms with Crippen molar-refractivity contribution >= 4 is 5.91 Å². The molecule has 0 aliphatic heterocycles. The van der Waals surface area contributed by atoms with Gasteiger partial charge in [-0.15, -0.1) is 0 Å². The molecule has 0 saturated carbocycles. The van der Waals surface area contributed by atoms with Crippen LogP contribution in [0, 0.1) is 0 Å². The molecule has 0 fully saturated rings. The van der Waals surface area contributed by atoms with Crippen LogP contribution in [0.4, 0.5) is 0 Å². The lowest BCUT2D eigenvalue weighted by Crippen LogP contribution is -2.38. The Bertz CT molecular complexity index is 145. The lowest BCUT2D eigenvalue weighted by Gasteiger charge is -2.16. The van der Waals surface area contributed by atoms with Crippen LogP contribution in [0.1, 0.15) is 26.2 Å². The number of hydrogen-bond acceptors (Lipinski definition) is 3. The van der Waals surface area contributed by atoms with Gasteiger partial charge in [0.1, 0.15) is 0 Å². The second kappa shape index (κ2) is 8.97. The topological polar surface area (TPSA) is 50.4 Å². The molecule has 1 unspecified atom stereocenters. The Kier molecular flexibility index (Phi) is 8.57. The number of nitrogens with one attached hydrogen (secondary N) is 2. The Hall–Kier alpha value is -0.610. The Labute approximate surface area is 86.4 Å². The molecule has 0 heterocycles. The molecule has 0 radical (unpaired) electrons. The van der Waals surface area contributed by atoms with E-state index in [1.165, 1.54) is 0 Å². The zero-order valence-corrected chi connectivity index (χ0v) is 9.43. The van der Waals surface area contributed by atoms with E-state index in [0.29, 0.717) is 13.0 Å². The van der Waals surface area contributed by atoms with Crippen LogP contribution in [0.25, 0.3) is 0 Å². The molecular formula is C10H22N2O2. The molecule has 0 aliphatic rings. The van der Waals surface area contributed by atoms with Crippen molar-refractivity contribution in [2.24, 2.45) is 0 Å². The van der Waals surface area contributed by atoms with Gasteiger partial charge in [-0.05, 0) is 13.5 Å². The molecule has 0 aromatic rings. The van der Waals surface area contributed by atoms with Crippen LogP contribution >= 0.6 is 0 Å². The number of rotatable bonds is 8. The zero-order valence-electron chi connectivity index (χ0n) is 9.43. The van der Waals surface area contributed by atoms with Gasteiger partial charge < -0.3 is 15.4 Å². The third-order valence-corrected chi connectivity index (χ3v) is 1.97. The molecule has 84 valence electrons. The Balaban J connectivity index is 3.71. The van der Waals surface area contributed by atoms with Crippen molar-refractivity contribution in [3.05, 3.63) is 0 Å². The highest BCUT2D eigenvalue weighted by atomic mass is 16.5. The van der Waals surface area contributed by atoms with E-state index in [4.69, 9.17) is 4.74 Å². The van der Waals surface area contributed by atoms with Gasteiger partial charge in [0.15, 0.2) is 0 Å². The van der Waals surface area contributed by atoms with Crippen molar-refractivity contribution < 1.29 is 9.53 Å². The summed E-state index contributed by atoms with van der Waals surface area (Å²) in [6, 6.07) is 0.161. The predicted octanol–water partition coefficient (Wildman–Crippen LogP) is 0.527. The van der Waals surface area contributed by atoms with Crippen LogP contribution in [-0.2, 0) is 9.53 Å². The summed E-state index contributed by atoms with van der Waals surface area (Å²) in [6.07, 6.45) is 2.56. The first-order valence-electron chi connectivity index (χ1n) is 5.17. The Morgan fingerprint density at radius 2 is 2.21 bits per heavy atom. The van der Waals surface area contributed by atoms with Crippen LogP contribution < -0.4 is 10.6 Å². The first-order chi connectivity index (χ1) is 6.74. The van der Waals surface area contributed by atoms with E-state index in [9.17, 15) is 4.79 Å². The highest BCUT2D eigenvalue weighted by Gasteiger charge is 2.10. The fourth-order valence-electron chi connectivity index (χ4n) is 1.29. The lowest BCUT2D eigenvalue weighted by atomic mass is 10.2. The summed E-state index contributed by atoms with van der Waals surface area (Å²) in [4.78, 5) is 11.4. The molecular weight excluding hydrogens is 180 g/mol. The van der Waals surface area contributed by atoms with Crippen molar-refractivity contribution in [1.29, 1.82) is 0 Å². The van der Waals surface area contributed by atoms with Gasteiger partial charge in [-0.2, -0.15) is 0 Å². The summed E-state index contributed by atoms with van der Waals surface area (Å²) in [5.74, 6) is 0.0925. The molecule has 0 spiro atoms. The van der Waals surface area contributed by atoms with E-state index in [0.717, 1.165) is 19.4 Å². The van der Waals surface area contributed by atoms with Gasteiger partial charge in [0.2, 0.25) is 5.91 Å². The smallest absolute Gasteiger partial charge is 0.221 e. The summed E-state index contributed by atoms with van der Waals surface area (Å²) in [5, 5.41) is 5.89. The predicted molar refractivity (Wildman–Crippen MR) is 57.3 cm³/mol. The van der Waals surface area contributed by atoms with Gasteiger partial charge >= 0.3 is 0 Å². The molecule has 0 bridgehead atoms. The minimum absolute atomic E-state index is 0.0925. The quantitative estimate of drug-likeness (QED) is 0.603. The van der Waals surface area contributed by atoms with Gasteiger partial charge in [0.25, 0.3) is 0 Å². The van der Waals surface area contributed by atoms with Crippen LogP contribution in [0.2, 0.25) is 0 Å². The lowest BCUT2D eigenvalue weighted by molar-refractivity contribution is -0.122. The Morgan fingerprint density at radius 1 is 1.50 bits per heavy atom. The summed E-state index contributed by atoms with van der Waals surface area (Å²) in [5.41, 5.74) is 0. The summed E-state index contributed by atoms with van der Waals surface area (Å²) in [6.45, 7) is 3.42. The van der Waals surface area contributed by atoms with Gasteiger partial charge in [0.05, 0.1) is 12.6 Å². The fourth-order valence-corrected chi connectivity index (χ4v) is 1.29. The number of hydrogen-bond donors (Lipinski definition) is 2. The number of amides is 1. The molecule has 0 saturated heterocycles. The molecule has 2 N–H and O–H groups in total. The van der Waals surface area contributed by atoms with E-state index >= 15 is 0 Å². The van der Waals surface area contributed by atoms with Gasteiger partial charge in [-0.1, -0.05) is 13.3 Å². The Morgan fingerprint density at radius 3 is 2.71 bits per heavy atom. The SMILES string of the molecule is CCCC(COC)NC(=O)CCNC. The summed E-state index contributed by atoms with van der Waals surface area (Å²) in [7, 11) is 3.49. The monoisotopic (exact) mass is 202 g/mol. The highest BCUT2D eigenvalue weighted by molar-refractivity contribution is 5.76. The average Bonchev–Trinajstić information content (AvgIpc) is 2.15. The van der Waals surface area contributed by atoms with Crippen molar-refractivity contribution in [2.45, 2.75) is 32.2 Å². The second-order valence-corrected chi connectivity index (χ2v) is 3.36. The van der Waals surface area contributed by atoms with E-state index < -0.39 is 0 Å². The zero-order chi connectivity index (χ0) is 10.8. The molecule has 0 aliphatic carbocycles. The third kappa shape index (κ3) is 6.86. The molecule has 1 atom stereocenters. The summed E-state index contributed by atoms with van der Waals surface area (Å²) < 4.78 is 5.03. The summed E-state index contributed by atoms with van der Waals surface area (Å²) >= 11 is 0. The van der Waals surface area contributed by atoms with Crippen LogP contribution in [0.3, 0.4) is 0 Å². The maximum Gasteiger partial charge on any atom is 0.221 e. The highest BCUT2D eigenvalue weighted by Crippen LogP contribution is 1.97. The second-order valence-electron chi connectivity index (χ2n) is 3.36. The van der Waals surface area contributed by atoms with Crippen LogP contribution in [0.15, 0.2) is 0 Å². The molecule has 0 rings (SSSR count). The van der Waals surface area contributed by atoms with Gasteiger partial charge in [-0.25, -0.2) is 0 Å². The maximum atomic E-state index is 11.4. The minimum Gasteiger partial charge on any atom is -0.383 e. The number of methoxy groups -OCH3 is 1. The number of carbonyl (C=O) groups excluding carboxylic acids is 1. The van der Waals surface area contributed by atoms with Gasteiger partial charge in [-0.3, -0.25) is 4.79 Å². The molecule has 1 amide bonds. The van der Waals surface area contributed by atoms with Gasteiger partial charge in [0, 0.05) is 20.1 Å². The molecule has 0 aromatic heterocycles. The van der Waals surface area contributed by atoms with E-state index in [1.807, 2.05) is 7.05 Å². The minimum atomic E-state index is 0.0925. The third-order valence-electron chi connectivity index (χ3n) is 1.97. The first-order valence-corrected chi connectivity index (χ1v) is 5.17. The largest absolute Gasteiger partial charge is 0.383 e.